The Hall–Kier alpha value is -0.530. The summed E-state index contributed by atoms with van der Waals surface area (Å²) in [7, 11) is 1.88. The van der Waals surface area contributed by atoms with Crippen LogP contribution in [-0.4, -0.2) is 55.5 Å². The van der Waals surface area contributed by atoms with Crippen molar-refractivity contribution in [3.63, 3.8) is 0 Å². The first kappa shape index (κ1) is 19.8. The van der Waals surface area contributed by atoms with Gasteiger partial charge in [0.15, 0.2) is 5.96 Å². The lowest BCUT2D eigenvalue weighted by atomic mass is 10.1. The number of rotatable bonds is 4. The van der Waals surface area contributed by atoms with E-state index in [2.05, 4.69) is 38.3 Å². The fourth-order valence-electron chi connectivity index (χ4n) is 3.67. The molecule has 4 nitrogen and oxygen atoms in total. The average Bonchev–Trinajstić information content (AvgIpc) is 3.25. The minimum atomic E-state index is 0. The summed E-state index contributed by atoms with van der Waals surface area (Å²) in [6.07, 6.45) is 5.12. The van der Waals surface area contributed by atoms with Crippen LogP contribution in [0.5, 0.6) is 0 Å². The van der Waals surface area contributed by atoms with Crippen LogP contribution in [0.4, 0.5) is 0 Å². The van der Waals surface area contributed by atoms with Crippen LogP contribution in [0, 0.1) is 0 Å². The molecule has 1 unspecified atom stereocenters. The number of hydrogen-bond acceptors (Lipinski definition) is 2. The van der Waals surface area contributed by atoms with E-state index in [0.29, 0.717) is 6.04 Å². The topological polar surface area (TPSA) is 30.9 Å². The van der Waals surface area contributed by atoms with E-state index in [1.807, 2.05) is 13.1 Å². The molecule has 24 heavy (non-hydrogen) atoms. The van der Waals surface area contributed by atoms with Crippen LogP contribution < -0.4 is 5.32 Å². The van der Waals surface area contributed by atoms with Gasteiger partial charge >= 0.3 is 0 Å². The monoisotopic (exact) mass is 462 g/mol. The summed E-state index contributed by atoms with van der Waals surface area (Å²) in [5.41, 5.74) is 1.30. The summed E-state index contributed by atoms with van der Waals surface area (Å²) in [6.45, 7) is 5.45. The third kappa shape index (κ3) is 4.99. The van der Waals surface area contributed by atoms with Gasteiger partial charge in [0.2, 0.25) is 0 Å². The van der Waals surface area contributed by atoms with Crippen LogP contribution in [0.1, 0.15) is 37.3 Å². The number of likely N-dealkylation sites (tertiary alicyclic amines) is 2. The Balaban J connectivity index is 0.00000208. The van der Waals surface area contributed by atoms with Crippen molar-refractivity contribution in [2.24, 2.45) is 4.99 Å². The molecule has 6 heteroatoms. The molecule has 1 atom stereocenters. The molecule has 0 aromatic heterocycles. The van der Waals surface area contributed by atoms with Crippen LogP contribution in [0.15, 0.2) is 29.3 Å². The molecular formula is C18H28ClIN4. The first-order valence-electron chi connectivity index (χ1n) is 8.73. The van der Waals surface area contributed by atoms with Crippen molar-refractivity contribution in [3.8, 4) is 0 Å². The average molecular weight is 463 g/mol. The number of hydrogen-bond donors (Lipinski definition) is 1. The number of nitrogens with one attached hydrogen (secondary N) is 1. The molecule has 2 saturated heterocycles. The van der Waals surface area contributed by atoms with Gasteiger partial charge in [-0.15, -0.1) is 24.0 Å². The fraction of sp³-hybridized carbons (Fsp3) is 0.611. The second kappa shape index (κ2) is 9.82. The van der Waals surface area contributed by atoms with Crippen LogP contribution in [0.3, 0.4) is 0 Å². The number of nitrogens with zero attached hydrogens (tertiary/aromatic N) is 3. The van der Waals surface area contributed by atoms with Gasteiger partial charge in [-0.1, -0.05) is 23.7 Å². The Morgan fingerprint density at radius 2 is 1.83 bits per heavy atom. The van der Waals surface area contributed by atoms with E-state index in [9.17, 15) is 0 Å². The Kier molecular flexibility index (Phi) is 8.10. The van der Waals surface area contributed by atoms with E-state index >= 15 is 0 Å². The number of benzene rings is 1. The molecule has 134 valence electrons. The molecule has 3 rings (SSSR count). The second-order valence-corrected chi connectivity index (χ2v) is 6.87. The Bertz CT molecular complexity index is 540. The molecule has 2 heterocycles. The highest BCUT2D eigenvalue weighted by atomic mass is 127. The summed E-state index contributed by atoms with van der Waals surface area (Å²) >= 11 is 6.22. The quantitative estimate of drug-likeness (QED) is 0.420. The molecule has 0 bridgehead atoms. The van der Waals surface area contributed by atoms with Crippen molar-refractivity contribution in [1.82, 2.24) is 15.1 Å². The highest BCUT2D eigenvalue weighted by Crippen LogP contribution is 2.26. The molecule has 1 aromatic rings. The normalized spacial score (nSPS) is 20.1. The predicted octanol–water partition coefficient (Wildman–Crippen LogP) is 3.77. The minimum absolute atomic E-state index is 0. The van der Waals surface area contributed by atoms with Crippen molar-refractivity contribution >= 4 is 41.5 Å². The zero-order chi connectivity index (χ0) is 16.1. The van der Waals surface area contributed by atoms with Crippen molar-refractivity contribution in [2.45, 2.75) is 31.7 Å². The molecular weight excluding hydrogens is 435 g/mol. The third-order valence-electron chi connectivity index (χ3n) is 4.89. The van der Waals surface area contributed by atoms with Gasteiger partial charge in [0.1, 0.15) is 0 Å². The first-order valence-corrected chi connectivity index (χ1v) is 9.11. The summed E-state index contributed by atoms with van der Waals surface area (Å²) < 4.78 is 0. The van der Waals surface area contributed by atoms with E-state index in [4.69, 9.17) is 11.6 Å². The van der Waals surface area contributed by atoms with Gasteiger partial charge < -0.3 is 10.2 Å². The molecule has 0 radical (unpaired) electrons. The van der Waals surface area contributed by atoms with Crippen LogP contribution in [0.2, 0.25) is 5.02 Å². The Morgan fingerprint density at radius 3 is 2.46 bits per heavy atom. The lowest BCUT2D eigenvalue weighted by Gasteiger charge is -2.30. The number of aliphatic imine (C=N–C) groups is 1. The molecule has 1 aromatic carbocycles. The zero-order valence-corrected chi connectivity index (χ0v) is 17.5. The van der Waals surface area contributed by atoms with Crippen LogP contribution in [-0.2, 0) is 0 Å². The summed E-state index contributed by atoms with van der Waals surface area (Å²) in [6, 6.07) is 8.65. The maximum absolute atomic E-state index is 6.22. The van der Waals surface area contributed by atoms with Crippen molar-refractivity contribution in [2.75, 3.05) is 39.8 Å². The molecule has 0 aliphatic carbocycles. The Labute approximate surface area is 167 Å². The highest BCUT2D eigenvalue weighted by molar-refractivity contribution is 14.0. The van der Waals surface area contributed by atoms with E-state index < -0.39 is 0 Å². The summed E-state index contributed by atoms with van der Waals surface area (Å²) in [5, 5.41) is 4.41. The molecule has 2 fully saturated rings. The zero-order valence-electron chi connectivity index (χ0n) is 14.4. The van der Waals surface area contributed by atoms with Crippen molar-refractivity contribution < 1.29 is 0 Å². The van der Waals surface area contributed by atoms with Crippen molar-refractivity contribution in [3.05, 3.63) is 34.9 Å². The van der Waals surface area contributed by atoms with E-state index in [1.165, 1.54) is 44.3 Å². The van der Waals surface area contributed by atoms with Crippen molar-refractivity contribution in [1.29, 1.82) is 0 Å². The van der Waals surface area contributed by atoms with Gasteiger partial charge in [0, 0.05) is 31.7 Å². The first-order chi connectivity index (χ1) is 11.3. The smallest absolute Gasteiger partial charge is 0.193 e. The van der Waals surface area contributed by atoms with Gasteiger partial charge in [0.05, 0.1) is 6.04 Å². The van der Waals surface area contributed by atoms with Gasteiger partial charge in [-0.25, -0.2) is 0 Å². The predicted molar refractivity (Wildman–Crippen MR) is 113 cm³/mol. The van der Waals surface area contributed by atoms with Gasteiger partial charge in [-0.3, -0.25) is 9.89 Å². The fourth-order valence-corrected chi connectivity index (χ4v) is 3.87. The minimum Gasteiger partial charge on any atom is -0.354 e. The van der Waals surface area contributed by atoms with Crippen LogP contribution >= 0.6 is 35.6 Å². The molecule has 0 amide bonds. The van der Waals surface area contributed by atoms with E-state index in [-0.39, 0.29) is 24.0 Å². The van der Waals surface area contributed by atoms with Gasteiger partial charge in [-0.05, 0) is 56.5 Å². The molecule has 0 spiro atoms. The molecule has 0 saturated carbocycles. The third-order valence-corrected chi connectivity index (χ3v) is 5.12. The molecule has 2 aliphatic rings. The van der Waals surface area contributed by atoms with Crippen LogP contribution in [0.25, 0.3) is 0 Å². The Morgan fingerprint density at radius 1 is 1.17 bits per heavy atom. The highest BCUT2D eigenvalue weighted by Gasteiger charge is 2.25. The van der Waals surface area contributed by atoms with E-state index in [1.54, 1.807) is 0 Å². The summed E-state index contributed by atoms with van der Waals surface area (Å²) in [5.74, 6) is 1.04. The van der Waals surface area contributed by atoms with Gasteiger partial charge in [-0.2, -0.15) is 0 Å². The molecule has 1 N–H and O–H groups in total. The second-order valence-electron chi connectivity index (χ2n) is 6.44. The lowest BCUT2D eigenvalue weighted by Crippen LogP contribution is -2.43. The maximum atomic E-state index is 6.22. The number of halogens is 2. The largest absolute Gasteiger partial charge is 0.354 e. The van der Waals surface area contributed by atoms with E-state index in [0.717, 1.165) is 30.6 Å². The summed E-state index contributed by atoms with van der Waals surface area (Å²) in [4.78, 5) is 9.39. The lowest BCUT2D eigenvalue weighted by molar-refractivity contribution is 0.244. The van der Waals surface area contributed by atoms with Gasteiger partial charge in [0.25, 0.3) is 0 Å². The SMILES string of the molecule is CN=C(NCC(c1cccc(Cl)c1)N1CCCC1)N1CCCC1.I. The standard InChI is InChI=1S/C18H27ClN4.HI/c1-20-18(23-11-4-5-12-23)21-14-17(22-9-2-3-10-22)15-7-6-8-16(19)13-15;/h6-8,13,17H,2-5,9-12,14H2,1H3,(H,20,21);1H. The maximum Gasteiger partial charge on any atom is 0.193 e. The molecule has 2 aliphatic heterocycles. The number of guanidine groups is 1.